The van der Waals surface area contributed by atoms with Crippen LogP contribution in [0.1, 0.15) is 0 Å². The molecule has 8 rings (SSSR count). The van der Waals surface area contributed by atoms with Gasteiger partial charge in [0.2, 0.25) is 5.82 Å². The number of hydrogen-bond acceptors (Lipinski definition) is 0. The Morgan fingerprint density at radius 3 is 1.56 bits per heavy atom. The van der Waals surface area contributed by atoms with Crippen molar-refractivity contribution in [1.82, 2.24) is 9.13 Å². The number of rotatable bonds is 2. The van der Waals surface area contributed by atoms with Crippen LogP contribution in [0, 0.1) is 29.1 Å². The van der Waals surface area contributed by atoms with E-state index < -0.39 is 34.8 Å². The molecule has 0 saturated carbocycles. The zero-order chi connectivity index (χ0) is 28.0. The molecule has 41 heavy (non-hydrogen) atoms. The molecule has 0 spiro atoms. The van der Waals surface area contributed by atoms with Crippen molar-refractivity contribution in [2.24, 2.45) is 0 Å². The molecule has 0 fully saturated rings. The standard InChI is InChI=1S/C34H17F5N2/c35-29-30(36)32(38)34(33(39)31(29)37)41-25-13-7-6-12-21(25)23-16-27-24(17-28(23)41)22-14-18-8-4-5-9-19(18)15-26(22)40(27)20-10-2-1-3-11-20/h1-17H. The van der Waals surface area contributed by atoms with Crippen LogP contribution in [0.4, 0.5) is 22.0 Å². The molecular weight excluding hydrogens is 531 g/mol. The molecule has 198 valence electrons. The molecule has 0 amide bonds. The molecule has 0 saturated heterocycles. The molecule has 2 aromatic heterocycles. The quantitative estimate of drug-likeness (QED) is 0.116. The van der Waals surface area contributed by atoms with E-state index in [1.54, 1.807) is 30.3 Å². The van der Waals surface area contributed by atoms with Crippen LogP contribution in [0.25, 0.3) is 65.8 Å². The highest BCUT2D eigenvalue weighted by Gasteiger charge is 2.29. The molecule has 0 unspecified atom stereocenters. The highest BCUT2D eigenvalue weighted by Crippen LogP contribution is 2.41. The third kappa shape index (κ3) is 3.17. The number of aromatic nitrogens is 2. The van der Waals surface area contributed by atoms with Gasteiger partial charge < -0.3 is 9.13 Å². The number of hydrogen-bond donors (Lipinski definition) is 0. The summed E-state index contributed by atoms with van der Waals surface area (Å²) in [5, 5.41) is 4.94. The first-order valence-corrected chi connectivity index (χ1v) is 12.9. The van der Waals surface area contributed by atoms with Crippen LogP contribution in [-0.4, -0.2) is 9.13 Å². The van der Waals surface area contributed by atoms with Crippen LogP contribution in [0.2, 0.25) is 0 Å². The third-order valence-electron chi connectivity index (χ3n) is 7.85. The van der Waals surface area contributed by atoms with Crippen molar-refractivity contribution in [1.29, 1.82) is 0 Å². The Kier molecular flexibility index (Phi) is 4.86. The van der Waals surface area contributed by atoms with Crippen LogP contribution < -0.4 is 0 Å². The van der Waals surface area contributed by atoms with Gasteiger partial charge in [0.15, 0.2) is 23.3 Å². The van der Waals surface area contributed by atoms with Gasteiger partial charge in [-0.2, -0.15) is 0 Å². The molecule has 0 N–H and O–H groups in total. The van der Waals surface area contributed by atoms with Gasteiger partial charge in [-0.1, -0.05) is 60.7 Å². The van der Waals surface area contributed by atoms with Crippen molar-refractivity contribution in [2.45, 2.75) is 0 Å². The van der Waals surface area contributed by atoms with Crippen molar-refractivity contribution in [3.8, 4) is 11.4 Å². The monoisotopic (exact) mass is 548 g/mol. The molecule has 2 nitrogen and oxygen atoms in total. The largest absolute Gasteiger partial charge is 0.309 e. The summed E-state index contributed by atoms with van der Waals surface area (Å²) in [7, 11) is 0. The van der Waals surface area contributed by atoms with Gasteiger partial charge in [-0.25, -0.2) is 22.0 Å². The van der Waals surface area contributed by atoms with Crippen molar-refractivity contribution in [3.63, 3.8) is 0 Å². The van der Waals surface area contributed by atoms with Gasteiger partial charge in [0.1, 0.15) is 5.69 Å². The SMILES string of the molecule is Fc1c(F)c(F)c(-n2c3ccccc3c3cc4c(cc32)c2cc3ccccc3cc2n4-c2ccccc2)c(F)c1F. The van der Waals surface area contributed by atoms with Crippen LogP contribution >= 0.6 is 0 Å². The number of nitrogens with zero attached hydrogens (tertiary/aromatic N) is 2. The van der Waals surface area contributed by atoms with Gasteiger partial charge in [0, 0.05) is 27.2 Å². The zero-order valence-electron chi connectivity index (χ0n) is 21.1. The number of para-hydroxylation sites is 2. The second kappa shape index (κ2) is 8.41. The minimum absolute atomic E-state index is 0.319. The Balaban J connectivity index is 1.60. The summed E-state index contributed by atoms with van der Waals surface area (Å²) < 4.78 is 76.6. The van der Waals surface area contributed by atoms with Crippen LogP contribution in [-0.2, 0) is 0 Å². The smallest absolute Gasteiger partial charge is 0.200 e. The maximum Gasteiger partial charge on any atom is 0.200 e. The topological polar surface area (TPSA) is 9.86 Å². The Labute approximate surface area is 229 Å². The van der Waals surface area contributed by atoms with Gasteiger partial charge in [0.05, 0.1) is 22.1 Å². The van der Waals surface area contributed by atoms with Crippen molar-refractivity contribution < 1.29 is 22.0 Å². The van der Waals surface area contributed by atoms with E-state index in [1.165, 1.54) is 0 Å². The van der Waals surface area contributed by atoms with Crippen molar-refractivity contribution in [3.05, 3.63) is 132 Å². The number of halogens is 5. The summed E-state index contributed by atoms with van der Waals surface area (Å²) in [6, 6.07) is 32.4. The fraction of sp³-hybridized carbons (Fsp3) is 0. The lowest BCUT2D eigenvalue weighted by Crippen LogP contribution is -2.09. The average Bonchev–Trinajstić information content (AvgIpc) is 3.49. The first-order valence-electron chi connectivity index (χ1n) is 12.9. The predicted octanol–water partition coefficient (Wildman–Crippen LogP) is 9.73. The lowest BCUT2D eigenvalue weighted by Gasteiger charge is -2.12. The second-order valence-corrected chi connectivity index (χ2v) is 10.0. The van der Waals surface area contributed by atoms with E-state index >= 15 is 8.78 Å². The fourth-order valence-corrected chi connectivity index (χ4v) is 6.05. The Hall–Kier alpha value is -5.17. The number of benzene rings is 6. The molecular formula is C34H17F5N2. The summed E-state index contributed by atoms with van der Waals surface area (Å²) in [6.07, 6.45) is 0. The molecule has 0 aliphatic rings. The molecule has 0 bridgehead atoms. The predicted molar refractivity (Wildman–Crippen MR) is 152 cm³/mol. The minimum atomic E-state index is -2.19. The first kappa shape index (κ1) is 23.7. The van der Waals surface area contributed by atoms with E-state index in [4.69, 9.17) is 0 Å². The van der Waals surface area contributed by atoms with Crippen LogP contribution in [0.15, 0.2) is 103 Å². The molecule has 0 aliphatic heterocycles. The molecule has 2 heterocycles. The summed E-state index contributed by atoms with van der Waals surface area (Å²) in [4.78, 5) is 0. The van der Waals surface area contributed by atoms with Gasteiger partial charge >= 0.3 is 0 Å². The maximum absolute atomic E-state index is 15.2. The Morgan fingerprint density at radius 1 is 0.366 bits per heavy atom. The minimum Gasteiger partial charge on any atom is -0.309 e. The van der Waals surface area contributed by atoms with E-state index in [9.17, 15) is 13.2 Å². The lowest BCUT2D eigenvalue weighted by molar-refractivity contribution is 0.376. The van der Waals surface area contributed by atoms with E-state index in [0.29, 0.717) is 21.8 Å². The molecule has 0 aliphatic carbocycles. The highest BCUT2D eigenvalue weighted by atomic mass is 19.2. The van der Waals surface area contributed by atoms with E-state index in [-0.39, 0.29) is 0 Å². The molecule has 0 atom stereocenters. The molecule has 8 aromatic rings. The van der Waals surface area contributed by atoms with Crippen LogP contribution in [0.3, 0.4) is 0 Å². The summed E-state index contributed by atoms with van der Waals surface area (Å²) in [6.45, 7) is 0. The molecule has 7 heteroatoms. The van der Waals surface area contributed by atoms with Gasteiger partial charge in [-0.3, -0.25) is 0 Å². The van der Waals surface area contributed by atoms with E-state index in [2.05, 4.69) is 16.7 Å². The Morgan fingerprint density at radius 2 is 0.854 bits per heavy atom. The van der Waals surface area contributed by atoms with E-state index in [1.807, 2.05) is 60.7 Å². The average molecular weight is 549 g/mol. The summed E-state index contributed by atoms with van der Waals surface area (Å²) >= 11 is 0. The highest BCUT2D eigenvalue weighted by molar-refractivity contribution is 6.20. The zero-order valence-corrected chi connectivity index (χ0v) is 21.1. The Bertz CT molecular complexity index is 2340. The molecule has 0 radical (unpaired) electrons. The van der Waals surface area contributed by atoms with E-state index in [0.717, 1.165) is 42.8 Å². The van der Waals surface area contributed by atoms with Gasteiger partial charge in [0.25, 0.3) is 0 Å². The summed E-state index contributed by atoms with van der Waals surface area (Å²) in [5.74, 6) is -9.94. The van der Waals surface area contributed by atoms with Crippen molar-refractivity contribution >= 4 is 54.4 Å². The maximum atomic E-state index is 15.2. The lowest BCUT2D eigenvalue weighted by atomic mass is 10.0. The molecule has 6 aromatic carbocycles. The summed E-state index contributed by atoms with van der Waals surface area (Å²) in [5.41, 5.74) is 2.32. The van der Waals surface area contributed by atoms with Gasteiger partial charge in [-0.05, 0) is 53.2 Å². The van der Waals surface area contributed by atoms with Gasteiger partial charge in [-0.15, -0.1) is 0 Å². The second-order valence-electron chi connectivity index (χ2n) is 10.0. The number of fused-ring (bicyclic) bond motifs is 7. The normalized spacial score (nSPS) is 12.0. The third-order valence-corrected chi connectivity index (χ3v) is 7.85. The van der Waals surface area contributed by atoms with Crippen molar-refractivity contribution in [2.75, 3.05) is 0 Å². The van der Waals surface area contributed by atoms with Crippen LogP contribution in [0.5, 0.6) is 0 Å². The fourth-order valence-electron chi connectivity index (χ4n) is 6.05. The first-order chi connectivity index (χ1) is 19.9.